The first-order chi connectivity index (χ1) is 7.11. The summed E-state index contributed by atoms with van der Waals surface area (Å²) >= 11 is 4.31. The van der Waals surface area contributed by atoms with E-state index in [1.54, 1.807) is 30.4 Å². The summed E-state index contributed by atoms with van der Waals surface area (Å²) in [7, 11) is 0. The molecule has 4 heteroatoms. The van der Waals surface area contributed by atoms with Crippen LogP contribution in [0.15, 0.2) is 28.7 Å². The van der Waals surface area contributed by atoms with Gasteiger partial charge < -0.3 is 0 Å². The van der Waals surface area contributed by atoms with Crippen LogP contribution < -0.4 is 0 Å². The summed E-state index contributed by atoms with van der Waals surface area (Å²) in [5.41, 5.74) is 0.522. The third-order valence-electron chi connectivity index (χ3n) is 1.66. The molecule has 1 rings (SSSR count). The van der Waals surface area contributed by atoms with Gasteiger partial charge in [-0.15, -0.1) is 0 Å². The van der Waals surface area contributed by atoms with Gasteiger partial charge in [0.05, 0.1) is 4.47 Å². The Hall–Kier alpha value is -0.610. The molecule has 0 saturated carbocycles. The van der Waals surface area contributed by atoms with Crippen molar-refractivity contribution in [2.75, 3.05) is 5.75 Å². The molecule has 0 amide bonds. The van der Waals surface area contributed by atoms with E-state index in [4.69, 9.17) is 0 Å². The van der Waals surface area contributed by atoms with Crippen LogP contribution in [-0.4, -0.2) is 10.9 Å². The Kier molecular flexibility index (Phi) is 5.05. The molecule has 0 aliphatic rings. The predicted molar refractivity (Wildman–Crippen MR) is 66.3 cm³/mol. The van der Waals surface area contributed by atoms with Crippen molar-refractivity contribution in [1.82, 2.24) is 0 Å². The lowest BCUT2D eigenvalue weighted by Gasteiger charge is -1.98. The minimum absolute atomic E-state index is 0.0642. The highest BCUT2D eigenvalue weighted by Gasteiger charge is 2.01. The molecule has 0 saturated heterocycles. The van der Waals surface area contributed by atoms with Crippen LogP contribution in [0.5, 0.6) is 0 Å². The van der Waals surface area contributed by atoms with Gasteiger partial charge in [0.2, 0.25) is 0 Å². The van der Waals surface area contributed by atoms with Crippen LogP contribution in [0.3, 0.4) is 0 Å². The van der Waals surface area contributed by atoms with Crippen LogP contribution in [0, 0.1) is 5.82 Å². The Balaban J connectivity index is 2.64. The molecule has 1 aromatic rings. The predicted octanol–water partition coefficient (Wildman–Crippen LogP) is 3.88. The van der Waals surface area contributed by atoms with Gasteiger partial charge in [-0.3, -0.25) is 4.79 Å². The summed E-state index contributed by atoms with van der Waals surface area (Å²) in [5, 5.41) is 0.0642. The summed E-state index contributed by atoms with van der Waals surface area (Å²) < 4.78 is 13.9. The van der Waals surface area contributed by atoms with Gasteiger partial charge >= 0.3 is 0 Å². The lowest BCUT2D eigenvalue weighted by molar-refractivity contribution is -0.109. The van der Waals surface area contributed by atoms with Crippen LogP contribution in [0.4, 0.5) is 4.39 Å². The molecule has 0 unspecified atom stereocenters. The molecule has 1 aromatic carbocycles. The van der Waals surface area contributed by atoms with Crippen molar-refractivity contribution in [1.29, 1.82) is 0 Å². The quantitative estimate of drug-likeness (QED) is 0.840. The van der Waals surface area contributed by atoms with Gasteiger partial charge in [0.15, 0.2) is 5.12 Å². The molecule has 0 aromatic heterocycles. The number of hydrogen-bond acceptors (Lipinski definition) is 2. The van der Waals surface area contributed by atoms with Crippen molar-refractivity contribution >= 4 is 38.9 Å². The van der Waals surface area contributed by atoms with Gasteiger partial charge in [0.25, 0.3) is 0 Å². The second-order valence-corrected chi connectivity index (χ2v) is 4.90. The summed E-state index contributed by atoms with van der Waals surface area (Å²) in [6.45, 7) is 1.51. The van der Waals surface area contributed by atoms with Crippen LogP contribution in [0.1, 0.15) is 12.5 Å². The maximum Gasteiger partial charge on any atom is 0.186 e. The first-order valence-corrected chi connectivity index (χ1v) is 6.13. The van der Waals surface area contributed by atoms with E-state index in [0.29, 0.717) is 15.8 Å². The minimum Gasteiger partial charge on any atom is -0.288 e. The average Bonchev–Trinajstić information content (AvgIpc) is 2.18. The van der Waals surface area contributed by atoms with Crippen molar-refractivity contribution in [3.05, 3.63) is 40.1 Å². The fourth-order valence-electron chi connectivity index (χ4n) is 0.990. The molecule has 15 heavy (non-hydrogen) atoms. The Morgan fingerprint density at radius 1 is 1.60 bits per heavy atom. The van der Waals surface area contributed by atoms with Crippen molar-refractivity contribution in [2.24, 2.45) is 0 Å². The fourth-order valence-corrected chi connectivity index (χ4v) is 1.80. The highest BCUT2D eigenvalue weighted by atomic mass is 79.9. The number of thioether (sulfide) groups is 1. The highest BCUT2D eigenvalue weighted by molar-refractivity contribution is 9.10. The monoisotopic (exact) mass is 288 g/mol. The standard InChI is InChI=1S/C11H10BrFOS/c1-8(14)15-7-3-5-9-4-2-6-10(12)11(9)13/h2-6H,7H2,1H3. The molecular weight excluding hydrogens is 279 g/mol. The maximum atomic E-state index is 13.4. The second-order valence-electron chi connectivity index (χ2n) is 2.85. The van der Waals surface area contributed by atoms with Crippen molar-refractivity contribution < 1.29 is 9.18 Å². The van der Waals surface area contributed by atoms with Crippen LogP contribution in [0.25, 0.3) is 6.08 Å². The smallest absolute Gasteiger partial charge is 0.186 e. The van der Waals surface area contributed by atoms with Crippen molar-refractivity contribution in [2.45, 2.75) is 6.92 Å². The molecule has 0 aliphatic carbocycles. The van der Waals surface area contributed by atoms with E-state index in [2.05, 4.69) is 15.9 Å². The summed E-state index contributed by atoms with van der Waals surface area (Å²) in [6, 6.07) is 5.11. The fraction of sp³-hybridized carbons (Fsp3) is 0.182. The molecule has 0 spiro atoms. The van der Waals surface area contributed by atoms with Crippen LogP contribution in [0.2, 0.25) is 0 Å². The third kappa shape index (κ3) is 4.18. The Morgan fingerprint density at radius 2 is 2.33 bits per heavy atom. The second kappa shape index (κ2) is 6.08. The van der Waals surface area contributed by atoms with Gasteiger partial charge in [0.1, 0.15) is 5.82 Å². The lowest BCUT2D eigenvalue weighted by Crippen LogP contribution is -1.84. The number of rotatable bonds is 3. The van der Waals surface area contributed by atoms with Gasteiger partial charge in [-0.1, -0.05) is 36.0 Å². The maximum absolute atomic E-state index is 13.4. The zero-order chi connectivity index (χ0) is 11.3. The van der Waals surface area contributed by atoms with E-state index in [0.717, 1.165) is 0 Å². The molecule has 0 aliphatic heterocycles. The first kappa shape index (κ1) is 12.5. The number of benzene rings is 1. The van der Waals surface area contributed by atoms with E-state index < -0.39 is 0 Å². The minimum atomic E-state index is -0.276. The molecule has 1 nitrogen and oxygen atoms in total. The van der Waals surface area contributed by atoms with Crippen LogP contribution in [-0.2, 0) is 4.79 Å². The highest BCUT2D eigenvalue weighted by Crippen LogP contribution is 2.19. The van der Waals surface area contributed by atoms with E-state index in [9.17, 15) is 9.18 Å². The SMILES string of the molecule is CC(=O)SCC=Cc1cccc(Br)c1F. The molecule has 0 atom stereocenters. The van der Waals surface area contributed by atoms with Gasteiger partial charge in [0, 0.05) is 18.2 Å². The average molecular weight is 289 g/mol. The molecule has 0 N–H and O–H groups in total. The Labute approximate surface area is 101 Å². The van der Waals surface area contributed by atoms with E-state index in [-0.39, 0.29) is 10.9 Å². The van der Waals surface area contributed by atoms with Gasteiger partial charge in [-0.25, -0.2) is 4.39 Å². The Bertz CT molecular complexity index is 390. The number of carbonyl (C=O) groups excluding carboxylic acids is 1. The van der Waals surface area contributed by atoms with Crippen molar-refractivity contribution in [3.63, 3.8) is 0 Å². The number of halogens is 2. The molecule has 0 radical (unpaired) electrons. The van der Waals surface area contributed by atoms with E-state index in [1.165, 1.54) is 18.7 Å². The first-order valence-electron chi connectivity index (χ1n) is 4.35. The third-order valence-corrected chi connectivity index (χ3v) is 3.04. The van der Waals surface area contributed by atoms with E-state index in [1.807, 2.05) is 0 Å². The largest absolute Gasteiger partial charge is 0.288 e. The van der Waals surface area contributed by atoms with Crippen molar-refractivity contribution in [3.8, 4) is 0 Å². The number of hydrogen-bond donors (Lipinski definition) is 0. The van der Waals surface area contributed by atoms with E-state index >= 15 is 0 Å². The van der Waals surface area contributed by atoms with Gasteiger partial charge in [-0.2, -0.15) is 0 Å². The Morgan fingerprint density at radius 3 is 3.00 bits per heavy atom. The number of carbonyl (C=O) groups is 1. The summed E-state index contributed by atoms with van der Waals surface area (Å²) in [4.78, 5) is 10.6. The summed E-state index contributed by atoms with van der Waals surface area (Å²) in [5.74, 6) is 0.294. The topological polar surface area (TPSA) is 17.1 Å². The van der Waals surface area contributed by atoms with Crippen LogP contribution >= 0.6 is 27.7 Å². The molecule has 80 valence electrons. The zero-order valence-electron chi connectivity index (χ0n) is 8.17. The summed E-state index contributed by atoms with van der Waals surface area (Å²) in [6.07, 6.45) is 3.45. The lowest BCUT2D eigenvalue weighted by atomic mass is 10.2. The zero-order valence-corrected chi connectivity index (χ0v) is 10.6. The normalized spacial score (nSPS) is 10.9. The molecule has 0 bridgehead atoms. The molecule has 0 heterocycles. The molecular formula is C11H10BrFOS. The van der Waals surface area contributed by atoms with Gasteiger partial charge in [-0.05, 0) is 22.0 Å². The molecule has 0 fully saturated rings.